The topological polar surface area (TPSA) is 23.5 Å². The van der Waals surface area contributed by atoms with Gasteiger partial charge in [0.1, 0.15) is 0 Å². The lowest BCUT2D eigenvalue weighted by Crippen LogP contribution is -2.28. The minimum atomic E-state index is -0.347. The average Bonchev–Trinajstić information content (AvgIpc) is 2.45. The molecular formula is C19H37NO. The zero-order valence-corrected chi connectivity index (χ0v) is 14.2. The van der Waals surface area contributed by atoms with Crippen molar-refractivity contribution in [2.45, 2.75) is 61.0 Å². The summed E-state index contributed by atoms with van der Waals surface area (Å²) >= 11 is 0. The molecule has 0 aliphatic carbocycles. The van der Waals surface area contributed by atoms with E-state index >= 15 is 0 Å². The summed E-state index contributed by atoms with van der Waals surface area (Å²) in [4.78, 5) is 2.40. The molecule has 1 saturated heterocycles. The molecule has 0 radical (unpaired) electrons. The maximum absolute atomic E-state index is 9.11. The first-order chi connectivity index (χ1) is 9.49. The summed E-state index contributed by atoms with van der Waals surface area (Å²) in [6, 6.07) is 7.89. The van der Waals surface area contributed by atoms with Crippen LogP contribution >= 0.6 is 0 Å². The van der Waals surface area contributed by atoms with Gasteiger partial charge in [0.25, 0.3) is 0 Å². The third-order valence-electron chi connectivity index (χ3n) is 3.57. The first-order valence-corrected chi connectivity index (χ1v) is 7.92. The normalized spacial score (nSPS) is 16.5. The molecule has 0 bridgehead atoms. The summed E-state index contributed by atoms with van der Waals surface area (Å²) in [5, 5.41) is 9.11. The van der Waals surface area contributed by atoms with Crippen molar-refractivity contribution in [3.05, 3.63) is 35.4 Å². The summed E-state index contributed by atoms with van der Waals surface area (Å²) in [5.41, 5.74) is 2.20. The van der Waals surface area contributed by atoms with Gasteiger partial charge in [-0.25, -0.2) is 0 Å². The van der Waals surface area contributed by atoms with Crippen LogP contribution in [0.2, 0.25) is 0 Å². The fourth-order valence-corrected chi connectivity index (χ4v) is 1.98. The van der Waals surface area contributed by atoms with Crippen LogP contribution in [0.4, 0.5) is 0 Å². The predicted octanol–water partition coefficient (Wildman–Crippen LogP) is 5.06. The molecule has 1 aromatic rings. The average molecular weight is 296 g/mol. The van der Waals surface area contributed by atoms with E-state index < -0.39 is 0 Å². The van der Waals surface area contributed by atoms with Crippen LogP contribution in [0.15, 0.2) is 24.3 Å². The van der Waals surface area contributed by atoms with Crippen LogP contribution in [-0.4, -0.2) is 30.1 Å². The summed E-state index contributed by atoms with van der Waals surface area (Å²) in [6.07, 6.45) is 2.45. The highest BCUT2D eigenvalue weighted by atomic mass is 16.3. The standard InChI is InChI=1S/C9H12O.C7H15N.C2H6.CH4/c1-7-3-5-9(6-4-7)8(2)10;1-7-3-5-8(2)6-4-7;1-2;/h3-6,8,10H,1-2H3;7H,3-6H2,1-2H3;1-2H3;1H4. The van der Waals surface area contributed by atoms with Crippen molar-refractivity contribution in [2.75, 3.05) is 20.1 Å². The second-order valence-electron chi connectivity index (χ2n) is 5.57. The minimum absolute atomic E-state index is 0. The molecule has 2 nitrogen and oxygen atoms in total. The van der Waals surface area contributed by atoms with Gasteiger partial charge in [-0.15, -0.1) is 0 Å². The molecule has 2 heteroatoms. The van der Waals surface area contributed by atoms with E-state index in [9.17, 15) is 0 Å². The summed E-state index contributed by atoms with van der Waals surface area (Å²) in [7, 11) is 2.20. The van der Waals surface area contributed by atoms with Gasteiger partial charge < -0.3 is 10.0 Å². The van der Waals surface area contributed by atoms with Gasteiger partial charge >= 0.3 is 0 Å². The lowest BCUT2D eigenvalue weighted by Gasteiger charge is -2.26. The van der Waals surface area contributed by atoms with Crippen LogP contribution in [-0.2, 0) is 0 Å². The van der Waals surface area contributed by atoms with Crippen molar-refractivity contribution in [3.63, 3.8) is 0 Å². The number of rotatable bonds is 1. The van der Waals surface area contributed by atoms with Crippen molar-refractivity contribution in [3.8, 4) is 0 Å². The second kappa shape index (κ2) is 12.8. The van der Waals surface area contributed by atoms with E-state index in [1.807, 2.05) is 45.0 Å². The molecule has 1 N–H and O–H groups in total. The second-order valence-corrected chi connectivity index (χ2v) is 5.57. The summed E-state index contributed by atoms with van der Waals surface area (Å²) in [5.74, 6) is 0.978. The van der Waals surface area contributed by atoms with Crippen LogP contribution in [0, 0.1) is 12.8 Å². The van der Waals surface area contributed by atoms with Gasteiger partial charge in [-0.05, 0) is 58.3 Å². The van der Waals surface area contributed by atoms with E-state index in [0.29, 0.717) is 0 Å². The number of aryl methyl sites for hydroxylation is 1. The van der Waals surface area contributed by atoms with Gasteiger partial charge in [-0.2, -0.15) is 0 Å². The van der Waals surface area contributed by atoms with E-state index in [4.69, 9.17) is 5.11 Å². The highest BCUT2D eigenvalue weighted by Gasteiger charge is 2.10. The quantitative estimate of drug-likeness (QED) is 0.783. The zero-order chi connectivity index (χ0) is 15.5. The van der Waals surface area contributed by atoms with Crippen molar-refractivity contribution in [1.29, 1.82) is 0 Å². The predicted molar refractivity (Wildman–Crippen MR) is 95.8 cm³/mol. The van der Waals surface area contributed by atoms with Gasteiger partial charge in [0.2, 0.25) is 0 Å². The first kappa shape index (κ1) is 22.4. The maximum atomic E-state index is 9.11. The lowest BCUT2D eigenvalue weighted by atomic mass is 10.00. The first-order valence-electron chi connectivity index (χ1n) is 7.92. The van der Waals surface area contributed by atoms with Crippen molar-refractivity contribution in [2.24, 2.45) is 5.92 Å². The van der Waals surface area contributed by atoms with Gasteiger partial charge in [0, 0.05) is 0 Å². The largest absolute Gasteiger partial charge is 0.389 e. The Morgan fingerprint density at radius 1 is 1.10 bits per heavy atom. The minimum Gasteiger partial charge on any atom is -0.389 e. The molecule has 2 rings (SSSR count). The molecule has 1 aromatic carbocycles. The van der Waals surface area contributed by atoms with E-state index in [1.165, 1.54) is 31.5 Å². The summed E-state index contributed by atoms with van der Waals surface area (Å²) < 4.78 is 0. The monoisotopic (exact) mass is 295 g/mol. The number of aliphatic hydroxyl groups is 1. The smallest absolute Gasteiger partial charge is 0.0761 e. The Morgan fingerprint density at radius 3 is 1.86 bits per heavy atom. The Kier molecular flexibility index (Phi) is 13.7. The fourth-order valence-electron chi connectivity index (χ4n) is 1.98. The van der Waals surface area contributed by atoms with Crippen molar-refractivity contribution in [1.82, 2.24) is 4.90 Å². The number of nitrogens with zero attached hydrogens (tertiary/aromatic N) is 1. The van der Waals surface area contributed by atoms with Crippen LogP contribution < -0.4 is 0 Å². The van der Waals surface area contributed by atoms with E-state index in [1.54, 1.807) is 6.92 Å². The Balaban J connectivity index is 0. The molecule has 1 aliphatic rings. The van der Waals surface area contributed by atoms with Crippen LogP contribution in [0.1, 0.15) is 65.2 Å². The number of piperidine rings is 1. The highest BCUT2D eigenvalue weighted by molar-refractivity contribution is 5.22. The fraction of sp³-hybridized carbons (Fsp3) is 0.684. The SMILES string of the molecule is C.CC.CC1CCN(C)CC1.Cc1ccc(C(C)O)cc1. The molecule has 21 heavy (non-hydrogen) atoms. The Bertz CT molecular complexity index is 314. The van der Waals surface area contributed by atoms with Gasteiger partial charge in [0.05, 0.1) is 6.10 Å². The summed E-state index contributed by atoms with van der Waals surface area (Å²) in [6.45, 7) is 12.8. The molecule has 1 fully saturated rings. The molecule has 0 amide bonds. The van der Waals surface area contributed by atoms with Crippen molar-refractivity contribution < 1.29 is 5.11 Å². The molecule has 124 valence electrons. The van der Waals surface area contributed by atoms with Crippen LogP contribution in [0.3, 0.4) is 0 Å². The Morgan fingerprint density at radius 2 is 1.52 bits per heavy atom. The molecule has 1 aliphatic heterocycles. The van der Waals surface area contributed by atoms with Gasteiger partial charge in [0.15, 0.2) is 0 Å². The molecular weight excluding hydrogens is 258 g/mol. The van der Waals surface area contributed by atoms with Crippen LogP contribution in [0.5, 0.6) is 0 Å². The van der Waals surface area contributed by atoms with E-state index in [0.717, 1.165) is 11.5 Å². The highest BCUT2D eigenvalue weighted by Crippen LogP contribution is 2.13. The zero-order valence-electron chi connectivity index (χ0n) is 14.2. The molecule has 1 heterocycles. The number of benzene rings is 1. The molecule has 0 aromatic heterocycles. The third kappa shape index (κ3) is 10.5. The van der Waals surface area contributed by atoms with Gasteiger partial charge in [-0.3, -0.25) is 0 Å². The van der Waals surface area contributed by atoms with Gasteiger partial charge in [-0.1, -0.05) is 58.0 Å². The van der Waals surface area contributed by atoms with E-state index in [2.05, 4.69) is 18.9 Å². The molecule has 0 spiro atoms. The molecule has 0 saturated carbocycles. The molecule has 1 unspecified atom stereocenters. The third-order valence-corrected chi connectivity index (χ3v) is 3.57. The molecule has 1 atom stereocenters. The Labute approximate surface area is 133 Å². The maximum Gasteiger partial charge on any atom is 0.0761 e. The number of hydrogen-bond donors (Lipinski definition) is 1. The number of hydrogen-bond acceptors (Lipinski definition) is 2. The lowest BCUT2D eigenvalue weighted by molar-refractivity contribution is 0.199. The van der Waals surface area contributed by atoms with Crippen molar-refractivity contribution >= 4 is 0 Å². The Hall–Kier alpha value is -0.860. The number of aliphatic hydroxyl groups excluding tert-OH is 1. The van der Waals surface area contributed by atoms with Crippen LogP contribution in [0.25, 0.3) is 0 Å². The number of likely N-dealkylation sites (tertiary alicyclic amines) is 1. The van der Waals surface area contributed by atoms with E-state index in [-0.39, 0.29) is 13.5 Å².